The van der Waals surface area contributed by atoms with E-state index < -0.39 is 86.8 Å². The van der Waals surface area contributed by atoms with Crippen LogP contribution in [0.1, 0.15) is 123 Å². The van der Waals surface area contributed by atoms with Gasteiger partial charge in [0.1, 0.15) is 48.8 Å². The lowest BCUT2D eigenvalue weighted by atomic mass is 9.97. The molecule has 14 nitrogen and oxygen atoms in total. The molecule has 2 aliphatic rings. The summed E-state index contributed by atoms with van der Waals surface area (Å²) in [6.07, 6.45) is 28.0. The molecule has 2 rings (SSSR count). The van der Waals surface area contributed by atoms with Crippen molar-refractivity contribution in [2.24, 2.45) is 0 Å². The summed E-state index contributed by atoms with van der Waals surface area (Å²) in [6, 6.07) is -0.988. The molecule has 12 unspecified atom stereocenters. The first-order chi connectivity index (χ1) is 30.6. The number of unbranched alkanes of at least 4 members (excludes halogenated alkanes) is 9. The van der Waals surface area contributed by atoms with Gasteiger partial charge in [0, 0.05) is 6.42 Å². The molecule has 0 aromatic carbocycles. The second kappa shape index (κ2) is 35.4. The predicted molar refractivity (Wildman–Crippen MR) is 244 cm³/mol. The van der Waals surface area contributed by atoms with E-state index in [4.69, 9.17) is 18.9 Å². The maximum atomic E-state index is 13.1. The number of hydrogen-bond acceptors (Lipinski definition) is 13. The lowest BCUT2D eigenvalue weighted by Crippen LogP contribution is -2.65. The molecule has 0 spiro atoms. The maximum absolute atomic E-state index is 13.1. The van der Waals surface area contributed by atoms with Gasteiger partial charge in [0.05, 0.1) is 32.0 Å². The second-order valence-corrected chi connectivity index (χ2v) is 16.2. The number of hydrogen-bond donors (Lipinski definition) is 9. The Morgan fingerprint density at radius 3 is 1.71 bits per heavy atom. The van der Waals surface area contributed by atoms with Crippen molar-refractivity contribution in [2.75, 3.05) is 19.8 Å². The lowest BCUT2D eigenvalue weighted by molar-refractivity contribution is -0.359. The van der Waals surface area contributed by atoms with Crippen molar-refractivity contribution in [3.8, 4) is 0 Å². The zero-order chi connectivity index (χ0) is 46.1. The van der Waals surface area contributed by atoms with E-state index in [-0.39, 0.29) is 18.9 Å². The molecule has 12 atom stereocenters. The van der Waals surface area contributed by atoms with E-state index >= 15 is 0 Å². The van der Waals surface area contributed by atoms with E-state index in [0.29, 0.717) is 12.8 Å². The fraction of sp³-hybridized carbons (Fsp3) is 0.694. The first kappa shape index (κ1) is 56.3. The van der Waals surface area contributed by atoms with Crippen LogP contribution in [0.15, 0.2) is 85.1 Å². The molecule has 9 N–H and O–H groups in total. The van der Waals surface area contributed by atoms with Crippen LogP contribution in [0, 0.1) is 0 Å². The van der Waals surface area contributed by atoms with Gasteiger partial charge in [-0.05, 0) is 57.8 Å². The minimum atomic E-state index is -1.80. The third-order valence-corrected chi connectivity index (χ3v) is 10.8. The van der Waals surface area contributed by atoms with E-state index in [9.17, 15) is 45.6 Å². The topological polar surface area (TPSA) is 228 Å². The zero-order valence-corrected chi connectivity index (χ0v) is 37.8. The van der Waals surface area contributed by atoms with Crippen LogP contribution >= 0.6 is 0 Å². The first-order valence-corrected chi connectivity index (χ1v) is 23.3. The third kappa shape index (κ3) is 23.3. The third-order valence-electron chi connectivity index (χ3n) is 10.8. The molecule has 0 bridgehead atoms. The van der Waals surface area contributed by atoms with Crippen molar-refractivity contribution in [1.82, 2.24) is 5.32 Å². The van der Waals surface area contributed by atoms with Gasteiger partial charge in [0.25, 0.3) is 0 Å². The molecule has 2 fully saturated rings. The Morgan fingerprint density at radius 2 is 1.11 bits per heavy atom. The van der Waals surface area contributed by atoms with Gasteiger partial charge in [0.2, 0.25) is 5.91 Å². The van der Waals surface area contributed by atoms with Crippen LogP contribution in [0.2, 0.25) is 0 Å². The molecular formula is C49H81NO13. The highest BCUT2D eigenvalue weighted by Crippen LogP contribution is 2.29. The van der Waals surface area contributed by atoms with Gasteiger partial charge in [-0.3, -0.25) is 4.79 Å². The Kier molecular flexibility index (Phi) is 31.7. The van der Waals surface area contributed by atoms with Crippen LogP contribution in [0.3, 0.4) is 0 Å². The van der Waals surface area contributed by atoms with E-state index in [1.165, 1.54) is 51.4 Å². The molecule has 0 aromatic rings. The van der Waals surface area contributed by atoms with Crippen molar-refractivity contribution < 1.29 is 64.6 Å². The van der Waals surface area contributed by atoms with Crippen molar-refractivity contribution in [1.29, 1.82) is 0 Å². The minimum Gasteiger partial charge on any atom is -0.394 e. The van der Waals surface area contributed by atoms with Crippen molar-refractivity contribution in [3.63, 3.8) is 0 Å². The molecule has 2 heterocycles. The number of ether oxygens (including phenoxy) is 4. The van der Waals surface area contributed by atoms with Crippen LogP contribution in [-0.4, -0.2) is 140 Å². The van der Waals surface area contributed by atoms with Gasteiger partial charge in [-0.15, -0.1) is 0 Å². The highest BCUT2D eigenvalue weighted by molar-refractivity contribution is 5.77. The number of aliphatic hydroxyl groups is 8. The molecule has 63 heavy (non-hydrogen) atoms. The first-order valence-electron chi connectivity index (χ1n) is 23.3. The SMILES string of the molecule is CC/C=C\C/C=C\C/C=C\C/C=C\C/C=C\CC(=O)NC(COC1OC(CO)C(OC2OC(CO)C(O)C(O)C2O)C(O)C1O)C(O)/C=C/CC/C=C/CCCCCCCCCC. The van der Waals surface area contributed by atoms with Crippen molar-refractivity contribution >= 4 is 5.91 Å². The van der Waals surface area contributed by atoms with Crippen LogP contribution in [0.25, 0.3) is 0 Å². The summed E-state index contributed by atoms with van der Waals surface area (Å²) in [7, 11) is 0. The molecule has 14 heteroatoms. The molecule has 1 amide bonds. The molecule has 360 valence electrons. The van der Waals surface area contributed by atoms with Crippen LogP contribution in [0.4, 0.5) is 0 Å². The number of carbonyl (C=O) groups is 1. The smallest absolute Gasteiger partial charge is 0.224 e. The highest BCUT2D eigenvalue weighted by Gasteiger charge is 2.50. The van der Waals surface area contributed by atoms with Crippen LogP contribution in [-0.2, 0) is 23.7 Å². The Labute approximate surface area is 376 Å². The zero-order valence-electron chi connectivity index (χ0n) is 37.8. The van der Waals surface area contributed by atoms with Gasteiger partial charge in [-0.25, -0.2) is 0 Å². The summed E-state index contributed by atoms with van der Waals surface area (Å²) in [6.45, 7) is 2.54. The van der Waals surface area contributed by atoms with Gasteiger partial charge in [-0.2, -0.15) is 0 Å². The Morgan fingerprint density at radius 1 is 0.587 bits per heavy atom. The standard InChI is InChI=1S/C49H81NO13/c1-3-5-7-9-11-13-15-17-19-21-23-25-27-29-31-33-41(54)50-37(38(53)32-30-28-26-24-22-20-18-16-14-12-10-8-6-4-2)36-60-48-46(59)44(57)47(40(35-52)62-48)63-49-45(58)43(56)42(55)39(34-51)61-49/h5,7,11,13,17,19,22-25,29-32,37-40,42-49,51-53,55-59H,3-4,6,8-10,12,14-16,18,20-21,26-28,33-36H2,1-2H3,(H,50,54)/b7-5-,13-11-,19-17-,24-22+,25-23-,31-29-,32-30+. The van der Waals surface area contributed by atoms with Gasteiger partial charge in [-0.1, -0.05) is 144 Å². The monoisotopic (exact) mass is 892 g/mol. The molecule has 0 aromatic heterocycles. The molecule has 2 aliphatic heterocycles. The fourth-order valence-electron chi connectivity index (χ4n) is 7.02. The van der Waals surface area contributed by atoms with E-state index in [1.54, 1.807) is 12.2 Å². The number of allylic oxidation sites excluding steroid dienone is 12. The predicted octanol–water partition coefficient (Wildman–Crippen LogP) is 5.04. The van der Waals surface area contributed by atoms with E-state index in [1.807, 2.05) is 18.2 Å². The summed E-state index contributed by atoms with van der Waals surface area (Å²) < 4.78 is 22.6. The van der Waals surface area contributed by atoms with Crippen molar-refractivity contribution in [3.05, 3.63) is 85.1 Å². The quantitative estimate of drug-likeness (QED) is 0.0312. The summed E-state index contributed by atoms with van der Waals surface area (Å²) >= 11 is 0. The number of carbonyl (C=O) groups excluding carboxylic acids is 1. The summed E-state index contributed by atoms with van der Waals surface area (Å²) in [5.41, 5.74) is 0. The van der Waals surface area contributed by atoms with Crippen molar-refractivity contribution in [2.45, 2.75) is 197 Å². The minimum absolute atomic E-state index is 0.0366. The molecule has 0 saturated carbocycles. The average Bonchev–Trinajstić information content (AvgIpc) is 3.28. The maximum Gasteiger partial charge on any atom is 0.224 e. The summed E-state index contributed by atoms with van der Waals surface area (Å²) in [5.74, 6) is -0.382. The lowest BCUT2D eigenvalue weighted by Gasteiger charge is -2.46. The summed E-state index contributed by atoms with van der Waals surface area (Å²) in [5, 5.41) is 86.4. The van der Waals surface area contributed by atoms with E-state index in [2.05, 4.69) is 73.8 Å². The molecule has 0 radical (unpaired) electrons. The highest BCUT2D eigenvalue weighted by atomic mass is 16.7. The largest absolute Gasteiger partial charge is 0.394 e. The van der Waals surface area contributed by atoms with Gasteiger partial charge < -0.3 is 65.1 Å². The summed E-state index contributed by atoms with van der Waals surface area (Å²) in [4.78, 5) is 13.1. The second-order valence-electron chi connectivity index (χ2n) is 16.2. The van der Waals surface area contributed by atoms with E-state index in [0.717, 1.165) is 38.5 Å². The van der Waals surface area contributed by atoms with Crippen LogP contribution < -0.4 is 5.32 Å². The van der Waals surface area contributed by atoms with Gasteiger partial charge >= 0.3 is 0 Å². The molecule has 2 saturated heterocycles. The fourth-order valence-corrected chi connectivity index (χ4v) is 7.02. The average molecular weight is 892 g/mol. The normalized spacial score (nSPS) is 28.3. The Balaban J connectivity index is 1.96. The Bertz CT molecular complexity index is 1380. The number of amides is 1. The number of nitrogens with one attached hydrogen (secondary N) is 1. The molecule has 0 aliphatic carbocycles. The van der Waals surface area contributed by atoms with Gasteiger partial charge in [0.15, 0.2) is 12.6 Å². The van der Waals surface area contributed by atoms with Crippen LogP contribution in [0.5, 0.6) is 0 Å². The number of aliphatic hydroxyl groups excluding tert-OH is 8. The number of rotatable bonds is 33. The molecular weight excluding hydrogens is 811 g/mol. The Hall–Kier alpha value is -2.83.